The fraction of sp³-hybridized carbons (Fsp3) is 0.769. The molecule has 0 saturated carbocycles. The van der Waals surface area contributed by atoms with E-state index in [1.165, 1.54) is 4.90 Å². The Morgan fingerprint density at radius 2 is 2.26 bits per heavy atom. The lowest BCUT2D eigenvalue weighted by Crippen LogP contribution is -2.36. The van der Waals surface area contributed by atoms with Gasteiger partial charge in [-0.25, -0.2) is 0 Å². The van der Waals surface area contributed by atoms with Gasteiger partial charge >= 0.3 is 6.18 Å². The van der Waals surface area contributed by atoms with Crippen LogP contribution in [0.1, 0.15) is 25.7 Å². The fourth-order valence-corrected chi connectivity index (χ4v) is 2.60. The molecule has 6 heteroatoms. The van der Waals surface area contributed by atoms with Crippen molar-refractivity contribution >= 4 is 5.91 Å². The summed E-state index contributed by atoms with van der Waals surface area (Å²) in [6.45, 7) is 2.23. The van der Waals surface area contributed by atoms with Crippen molar-refractivity contribution in [1.82, 2.24) is 10.2 Å². The number of halogens is 3. The first-order valence-electron chi connectivity index (χ1n) is 6.71. The normalized spacial score (nSPS) is 24.5. The summed E-state index contributed by atoms with van der Waals surface area (Å²) in [5.41, 5.74) is -0.503. The van der Waals surface area contributed by atoms with E-state index in [0.29, 0.717) is 12.3 Å². The maximum atomic E-state index is 12.4. The fourth-order valence-electron chi connectivity index (χ4n) is 2.60. The number of carbonyl (C=O) groups is 1. The highest BCUT2D eigenvalue weighted by Gasteiger charge is 2.35. The maximum absolute atomic E-state index is 12.4. The molecule has 0 aromatic rings. The molecule has 108 valence electrons. The summed E-state index contributed by atoms with van der Waals surface area (Å²) in [4.78, 5) is 13.4. The van der Waals surface area contributed by atoms with Gasteiger partial charge < -0.3 is 10.2 Å². The summed E-state index contributed by atoms with van der Waals surface area (Å²) in [6, 6.07) is 0. The van der Waals surface area contributed by atoms with Crippen LogP contribution in [-0.2, 0) is 4.79 Å². The first kappa shape index (κ1) is 14.4. The van der Waals surface area contributed by atoms with Crippen molar-refractivity contribution in [3.63, 3.8) is 0 Å². The van der Waals surface area contributed by atoms with Crippen molar-refractivity contribution < 1.29 is 18.0 Å². The zero-order valence-corrected chi connectivity index (χ0v) is 10.8. The molecule has 0 spiro atoms. The van der Waals surface area contributed by atoms with Crippen LogP contribution in [0.3, 0.4) is 0 Å². The van der Waals surface area contributed by atoms with Crippen LogP contribution in [0.15, 0.2) is 11.6 Å². The Balaban J connectivity index is 1.77. The minimum absolute atomic E-state index is 0.0237. The van der Waals surface area contributed by atoms with Crippen LogP contribution >= 0.6 is 0 Å². The standard InChI is InChI=1S/C13H19F3N2O/c14-13(15,16)11-4-7-18(8-5-11)12(19)2-1-10-3-6-17-9-10/h4,10,17H,1-3,5-9H2. The van der Waals surface area contributed by atoms with E-state index < -0.39 is 11.7 Å². The SMILES string of the molecule is O=C(CCC1CCNC1)N1CC=C(C(F)(F)F)CC1. The number of nitrogens with one attached hydrogen (secondary N) is 1. The number of hydrogen-bond donors (Lipinski definition) is 1. The first-order valence-corrected chi connectivity index (χ1v) is 6.71. The number of rotatable bonds is 3. The highest BCUT2D eigenvalue weighted by molar-refractivity contribution is 5.76. The van der Waals surface area contributed by atoms with Gasteiger partial charge in [0.25, 0.3) is 0 Å². The van der Waals surface area contributed by atoms with Gasteiger partial charge in [-0.05, 0) is 38.3 Å². The summed E-state index contributed by atoms with van der Waals surface area (Å²) in [5, 5.41) is 3.24. The van der Waals surface area contributed by atoms with Gasteiger partial charge in [0.1, 0.15) is 0 Å². The molecule has 1 amide bonds. The Hall–Kier alpha value is -1.04. The van der Waals surface area contributed by atoms with E-state index in [9.17, 15) is 18.0 Å². The number of amides is 1. The Labute approximate surface area is 110 Å². The summed E-state index contributed by atoms with van der Waals surface area (Å²) in [5.74, 6) is 0.513. The molecule has 2 aliphatic heterocycles. The smallest absolute Gasteiger partial charge is 0.339 e. The second-order valence-electron chi connectivity index (χ2n) is 5.21. The summed E-state index contributed by atoms with van der Waals surface area (Å²) >= 11 is 0. The van der Waals surface area contributed by atoms with Gasteiger partial charge in [-0.15, -0.1) is 0 Å². The van der Waals surface area contributed by atoms with Crippen LogP contribution < -0.4 is 5.32 Å². The molecule has 0 radical (unpaired) electrons. The predicted octanol–water partition coefficient (Wildman–Crippen LogP) is 2.10. The van der Waals surface area contributed by atoms with Crippen molar-refractivity contribution in [1.29, 1.82) is 0 Å². The van der Waals surface area contributed by atoms with Gasteiger partial charge in [-0.2, -0.15) is 13.2 Å². The third kappa shape index (κ3) is 3.96. The lowest BCUT2D eigenvalue weighted by Gasteiger charge is -2.27. The van der Waals surface area contributed by atoms with E-state index in [0.717, 1.165) is 32.0 Å². The minimum Gasteiger partial charge on any atom is -0.339 e. The van der Waals surface area contributed by atoms with Crippen LogP contribution in [0, 0.1) is 5.92 Å². The molecule has 2 rings (SSSR count). The average Bonchev–Trinajstić information content (AvgIpc) is 2.88. The Bertz CT molecular complexity index is 359. The molecule has 1 saturated heterocycles. The van der Waals surface area contributed by atoms with Crippen LogP contribution in [0.5, 0.6) is 0 Å². The molecule has 2 aliphatic rings. The molecule has 3 nitrogen and oxygen atoms in total. The van der Waals surface area contributed by atoms with E-state index in [4.69, 9.17) is 0 Å². The number of hydrogen-bond acceptors (Lipinski definition) is 2. The number of alkyl halides is 3. The van der Waals surface area contributed by atoms with Crippen molar-refractivity contribution in [2.75, 3.05) is 26.2 Å². The molecule has 0 aromatic carbocycles. The monoisotopic (exact) mass is 276 g/mol. The third-order valence-corrected chi connectivity index (χ3v) is 3.85. The second-order valence-corrected chi connectivity index (χ2v) is 5.21. The van der Waals surface area contributed by atoms with Crippen molar-refractivity contribution in [3.05, 3.63) is 11.6 Å². The largest absolute Gasteiger partial charge is 0.412 e. The molecular formula is C13H19F3N2O. The summed E-state index contributed by atoms with van der Waals surface area (Å²) in [7, 11) is 0. The molecule has 19 heavy (non-hydrogen) atoms. The third-order valence-electron chi connectivity index (χ3n) is 3.85. The molecular weight excluding hydrogens is 257 g/mol. The Morgan fingerprint density at radius 3 is 2.79 bits per heavy atom. The predicted molar refractivity (Wildman–Crippen MR) is 65.5 cm³/mol. The lowest BCUT2D eigenvalue weighted by atomic mass is 10.0. The molecule has 0 aliphatic carbocycles. The van der Waals surface area contributed by atoms with Gasteiger partial charge in [0.2, 0.25) is 5.91 Å². The van der Waals surface area contributed by atoms with E-state index in [-0.39, 0.29) is 25.4 Å². The van der Waals surface area contributed by atoms with Crippen LogP contribution in [-0.4, -0.2) is 43.2 Å². The van der Waals surface area contributed by atoms with Gasteiger partial charge in [0, 0.05) is 25.1 Å². The van der Waals surface area contributed by atoms with E-state index >= 15 is 0 Å². The molecule has 1 fully saturated rings. The highest BCUT2D eigenvalue weighted by Crippen LogP contribution is 2.30. The van der Waals surface area contributed by atoms with E-state index in [1.807, 2.05) is 0 Å². The van der Waals surface area contributed by atoms with Crippen molar-refractivity contribution in [3.8, 4) is 0 Å². The summed E-state index contributed by atoms with van der Waals surface area (Å²) in [6.07, 6.45) is -0.825. The Kier molecular flexibility index (Phi) is 4.50. The second kappa shape index (κ2) is 5.94. The highest BCUT2D eigenvalue weighted by atomic mass is 19.4. The van der Waals surface area contributed by atoms with Crippen LogP contribution in [0.25, 0.3) is 0 Å². The first-order chi connectivity index (χ1) is 8.97. The van der Waals surface area contributed by atoms with Crippen LogP contribution in [0.4, 0.5) is 13.2 Å². The van der Waals surface area contributed by atoms with Crippen molar-refractivity contribution in [2.45, 2.75) is 31.9 Å². The minimum atomic E-state index is -4.25. The maximum Gasteiger partial charge on any atom is 0.412 e. The zero-order chi connectivity index (χ0) is 13.9. The zero-order valence-electron chi connectivity index (χ0n) is 10.8. The molecule has 1 N–H and O–H groups in total. The van der Waals surface area contributed by atoms with Crippen LogP contribution in [0.2, 0.25) is 0 Å². The molecule has 1 unspecified atom stereocenters. The van der Waals surface area contributed by atoms with Gasteiger partial charge in [-0.1, -0.05) is 6.08 Å². The summed E-state index contributed by atoms with van der Waals surface area (Å²) < 4.78 is 37.3. The number of nitrogens with zero attached hydrogens (tertiary/aromatic N) is 1. The van der Waals surface area contributed by atoms with Gasteiger partial charge in [0.15, 0.2) is 0 Å². The molecule has 2 heterocycles. The van der Waals surface area contributed by atoms with E-state index in [2.05, 4.69) is 5.32 Å². The van der Waals surface area contributed by atoms with Crippen molar-refractivity contribution in [2.24, 2.45) is 5.92 Å². The number of carbonyl (C=O) groups excluding carboxylic acids is 1. The molecule has 0 bridgehead atoms. The average molecular weight is 276 g/mol. The van der Waals surface area contributed by atoms with E-state index in [1.54, 1.807) is 0 Å². The van der Waals surface area contributed by atoms with Gasteiger partial charge in [0.05, 0.1) is 0 Å². The Morgan fingerprint density at radius 1 is 1.47 bits per heavy atom. The topological polar surface area (TPSA) is 32.3 Å². The lowest BCUT2D eigenvalue weighted by molar-refractivity contribution is -0.132. The van der Waals surface area contributed by atoms with Gasteiger partial charge in [-0.3, -0.25) is 4.79 Å². The molecule has 0 aromatic heterocycles. The quantitative estimate of drug-likeness (QED) is 0.801. The molecule has 1 atom stereocenters.